The van der Waals surface area contributed by atoms with Gasteiger partial charge in [-0.25, -0.2) is 9.18 Å². The summed E-state index contributed by atoms with van der Waals surface area (Å²) in [5.74, 6) is -0.135. The Balaban J connectivity index is 1.28. The summed E-state index contributed by atoms with van der Waals surface area (Å²) >= 11 is 0. The molecule has 29 heavy (non-hydrogen) atoms. The molecule has 6 rings (SSSR count). The van der Waals surface area contributed by atoms with Gasteiger partial charge in [-0.1, -0.05) is 36.4 Å². The number of hydrogen-bond acceptors (Lipinski definition) is 2. The molecule has 1 aliphatic heterocycles. The number of rotatable bonds is 2. The number of halogens is 1. The first-order valence-corrected chi connectivity index (χ1v) is 10.3. The van der Waals surface area contributed by atoms with Gasteiger partial charge >= 0.3 is 5.69 Å². The highest BCUT2D eigenvalue weighted by Crippen LogP contribution is 2.42. The van der Waals surface area contributed by atoms with Crippen LogP contribution in [-0.4, -0.2) is 27.5 Å². The molecule has 4 aromatic rings. The molecule has 0 saturated carbocycles. The second-order valence-electron chi connectivity index (χ2n) is 8.28. The number of nitrogens with zero attached hydrogens (tertiary/aromatic N) is 2. The maximum Gasteiger partial charge on any atom is 0.326 e. The molecule has 0 amide bonds. The minimum Gasteiger partial charge on any atom is -0.306 e. The van der Waals surface area contributed by atoms with Crippen molar-refractivity contribution in [1.29, 1.82) is 0 Å². The number of hydrogen-bond donors (Lipinski definition) is 1. The van der Waals surface area contributed by atoms with Crippen LogP contribution in [0.25, 0.3) is 21.8 Å². The SMILES string of the molecule is O=c1[nH]c2ccccc2n1C1CCN([C@@H]2Cc3cccc4c(F)ccc2c34)CC1. The lowest BCUT2D eigenvalue weighted by atomic mass is 9.99. The standard InChI is InChI=1S/C24H22FN3O/c25-19-9-8-18-22(14-15-4-3-5-17(19)23(15)18)27-12-10-16(11-13-27)28-21-7-2-1-6-20(21)26-24(28)29/h1-9,16,22H,10-14H2,(H,26,29)/t22-/m1/s1. The van der Waals surface area contributed by atoms with Crippen molar-refractivity contribution < 1.29 is 4.39 Å². The first kappa shape index (κ1) is 17.0. The number of H-pyrrole nitrogens is 1. The van der Waals surface area contributed by atoms with E-state index in [2.05, 4.69) is 16.0 Å². The van der Waals surface area contributed by atoms with E-state index in [9.17, 15) is 9.18 Å². The number of imidazole rings is 1. The Labute approximate surface area is 167 Å². The zero-order chi connectivity index (χ0) is 19.5. The molecule has 2 heterocycles. The minimum absolute atomic E-state index is 0.0156. The third kappa shape index (κ3) is 2.50. The van der Waals surface area contributed by atoms with E-state index in [-0.39, 0.29) is 17.5 Å². The summed E-state index contributed by atoms with van der Waals surface area (Å²) in [4.78, 5) is 18.0. The molecular formula is C24H22FN3O. The summed E-state index contributed by atoms with van der Waals surface area (Å²) in [6, 6.07) is 18.0. The average molecular weight is 387 g/mol. The van der Waals surface area contributed by atoms with E-state index in [1.165, 1.54) is 11.1 Å². The number of para-hydroxylation sites is 2. The molecule has 0 unspecified atom stereocenters. The van der Waals surface area contributed by atoms with Crippen LogP contribution >= 0.6 is 0 Å². The van der Waals surface area contributed by atoms with Crippen molar-refractivity contribution in [2.24, 2.45) is 0 Å². The highest BCUT2D eigenvalue weighted by molar-refractivity contribution is 5.91. The van der Waals surface area contributed by atoms with E-state index in [4.69, 9.17) is 0 Å². The number of nitrogens with one attached hydrogen (secondary N) is 1. The quantitative estimate of drug-likeness (QED) is 0.548. The van der Waals surface area contributed by atoms with Crippen molar-refractivity contribution in [1.82, 2.24) is 14.5 Å². The number of likely N-dealkylation sites (tertiary alicyclic amines) is 1. The second kappa shape index (κ2) is 6.29. The molecule has 1 atom stereocenters. The lowest BCUT2D eigenvalue weighted by Gasteiger charge is -2.36. The van der Waals surface area contributed by atoms with E-state index in [1.807, 2.05) is 47.0 Å². The molecular weight excluding hydrogens is 365 g/mol. The molecule has 5 heteroatoms. The van der Waals surface area contributed by atoms with Gasteiger partial charge in [-0.2, -0.15) is 0 Å². The number of piperidine rings is 1. The second-order valence-corrected chi connectivity index (χ2v) is 8.28. The van der Waals surface area contributed by atoms with Gasteiger partial charge in [0.05, 0.1) is 11.0 Å². The van der Waals surface area contributed by atoms with Gasteiger partial charge in [0.15, 0.2) is 0 Å². The Hall–Kier alpha value is -2.92. The molecule has 2 aliphatic rings. The van der Waals surface area contributed by atoms with Crippen molar-refractivity contribution >= 4 is 21.8 Å². The maximum absolute atomic E-state index is 14.3. The van der Waals surface area contributed by atoms with Gasteiger partial charge in [0.25, 0.3) is 0 Å². The van der Waals surface area contributed by atoms with Gasteiger partial charge in [0.1, 0.15) is 5.82 Å². The van der Waals surface area contributed by atoms with Crippen LogP contribution < -0.4 is 5.69 Å². The average Bonchev–Trinajstić information content (AvgIpc) is 3.29. The van der Waals surface area contributed by atoms with Crippen LogP contribution in [0.1, 0.15) is 36.1 Å². The molecule has 1 fully saturated rings. The molecule has 146 valence electrons. The predicted molar refractivity (Wildman–Crippen MR) is 113 cm³/mol. The van der Waals surface area contributed by atoms with Crippen molar-refractivity contribution in [3.63, 3.8) is 0 Å². The van der Waals surface area contributed by atoms with Gasteiger partial charge < -0.3 is 4.98 Å². The number of aromatic amines is 1. The summed E-state index contributed by atoms with van der Waals surface area (Å²) in [7, 11) is 0. The van der Waals surface area contributed by atoms with Gasteiger partial charge in [-0.3, -0.25) is 9.47 Å². The molecule has 0 radical (unpaired) electrons. The smallest absolute Gasteiger partial charge is 0.306 e. The van der Waals surface area contributed by atoms with E-state index in [1.54, 1.807) is 6.07 Å². The number of fused-ring (bicyclic) bond motifs is 1. The van der Waals surface area contributed by atoms with Crippen LogP contribution in [0, 0.1) is 5.82 Å². The van der Waals surface area contributed by atoms with Gasteiger partial charge in [-0.15, -0.1) is 0 Å². The van der Waals surface area contributed by atoms with Crippen LogP contribution in [0.15, 0.2) is 59.4 Å². The fraction of sp³-hybridized carbons (Fsp3) is 0.292. The first-order chi connectivity index (χ1) is 14.2. The Morgan fingerprint density at radius 2 is 1.79 bits per heavy atom. The monoisotopic (exact) mass is 387 g/mol. The Morgan fingerprint density at radius 1 is 0.966 bits per heavy atom. The minimum atomic E-state index is -0.135. The zero-order valence-corrected chi connectivity index (χ0v) is 16.1. The lowest BCUT2D eigenvalue weighted by Crippen LogP contribution is -2.39. The molecule has 0 spiro atoms. The molecule has 4 nitrogen and oxygen atoms in total. The van der Waals surface area contributed by atoms with Crippen LogP contribution in [0.2, 0.25) is 0 Å². The summed E-state index contributed by atoms with van der Waals surface area (Å²) in [6.45, 7) is 1.88. The largest absolute Gasteiger partial charge is 0.326 e. The third-order valence-corrected chi connectivity index (χ3v) is 6.81. The fourth-order valence-corrected chi connectivity index (χ4v) is 5.46. The van der Waals surface area contributed by atoms with E-state index in [0.717, 1.165) is 54.2 Å². The van der Waals surface area contributed by atoms with Crippen molar-refractivity contribution in [2.75, 3.05) is 13.1 Å². The molecule has 1 saturated heterocycles. The number of benzene rings is 3. The van der Waals surface area contributed by atoms with Crippen molar-refractivity contribution in [2.45, 2.75) is 31.3 Å². The Morgan fingerprint density at radius 3 is 2.66 bits per heavy atom. The van der Waals surface area contributed by atoms with Crippen molar-refractivity contribution in [3.05, 3.63) is 82.0 Å². The lowest BCUT2D eigenvalue weighted by molar-refractivity contribution is 0.137. The molecule has 1 N–H and O–H groups in total. The molecule has 1 aliphatic carbocycles. The highest BCUT2D eigenvalue weighted by Gasteiger charge is 2.33. The van der Waals surface area contributed by atoms with Gasteiger partial charge in [-0.05, 0) is 54.0 Å². The third-order valence-electron chi connectivity index (χ3n) is 6.81. The van der Waals surface area contributed by atoms with Gasteiger partial charge in [0, 0.05) is 30.6 Å². The Kier molecular flexibility index (Phi) is 3.68. The number of aromatic nitrogens is 2. The van der Waals surface area contributed by atoms with Gasteiger partial charge in [0.2, 0.25) is 0 Å². The zero-order valence-electron chi connectivity index (χ0n) is 16.1. The first-order valence-electron chi connectivity index (χ1n) is 10.3. The Bertz CT molecular complexity index is 1300. The van der Waals surface area contributed by atoms with E-state index >= 15 is 0 Å². The molecule has 0 bridgehead atoms. The van der Waals surface area contributed by atoms with E-state index in [0.29, 0.717) is 6.04 Å². The van der Waals surface area contributed by atoms with Crippen LogP contribution in [0.3, 0.4) is 0 Å². The summed E-state index contributed by atoms with van der Waals surface area (Å²) in [5, 5.41) is 1.84. The predicted octanol–water partition coefficient (Wildman–Crippen LogP) is 4.56. The summed E-state index contributed by atoms with van der Waals surface area (Å²) in [6.07, 6.45) is 2.83. The van der Waals surface area contributed by atoms with Crippen LogP contribution in [-0.2, 0) is 6.42 Å². The van der Waals surface area contributed by atoms with Crippen molar-refractivity contribution in [3.8, 4) is 0 Å². The summed E-state index contributed by atoms with van der Waals surface area (Å²) in [5.41, 5.74) is 4.37. The molecule has 1 aromatic heterocycles. The van der Waals surface area contributed by atoms with E-state index < -0.39 is 0 Å². The highest BCUT2D eigenvalue weighted by atomic mass is 19.1. The normalized spacial score (nSPS) is 20.1. The maximum atomic E-state index is 14.3. The van der Waals surface area contributed by atoms with Crippen LogP contribution in [0.5, 0.6) is 0 Å². The fourth-order valence-electron chi connectivity index (χ4n) is 5.46. The molecule has 3 aromatic carbocycles. The van der Waals surface area contributed by atoms with Crippen LogP contribution in [0.4, 0.5) is 4.39 Å². The topological polar surface area (TPSA) is 41.0 Å². The summed E-state index contributed by atoms with van der Waals surface area (Å²) < 4.78 is 16.2.